The molecule has 3 aromatic carbocycles. The largest absolute Gasteiger partial charge is 0.496 e. The quantitative estimate of drug-likeness (QED) is 0.434. The molecule has 1 unspecified atom stereocenters. The first kappa shape index (κ1) is 21.6. The number of Topliss-reactive ketones (excluding diaryl/α,β-unsaturated/α-hetero) is 1. The molecule has 0 spiro atoms. The van der Waals surface area contributed by atoms with Crippen molar-refractivity contribution in [1.29, 1.82) is 0 Å². The standard InChI is InChI=1S/C28H27ClN2O2/c1-28(2)15-23-26(24(32)16-28)27(17-8-11-19(29)12-9-17)31-22-14-18(10-13-21(22)30-23)20-6-4-5-7-25(20)33-3/h4-14,27,30-31H,15-16H2,1-3H3. The van der Waals surface area contributed by atoms with E-state index in [0.29, 0.717) is 11.4 Å². The van der Waals surface area contributed by atoms with Gasteiger partial charge in [-0.2, -0.15) is 0 Å². The van der Waals surface area contributed by atoms with Crippen molar-refractivity contribution in [2.45, 2.75) is 32.7 Å². The van der Waals surface area contributed by atoms with Crippen LogP contribution >= 0.6 is 11.6 Å². The minimum Gasteiger partial charge on any atom is -0.496 e. The Labute approximate surface area is 199 Å². The maximum absolute atomic E-state index is 13.4. The lowest BCUT2D eigenvalue weighted by molar-refractivity contribution is -0.118. The number of para-hydroxylation sites is 1. The SMILES string of the molecule is COc1ccccc1-c1ccc2c(c1)NC(c1ccc(Cl)cc1)C1=C(CC(C)(C)CC1=O)N2. The topological polar surface area (TPSA) is 50.4 Å². The van der Waals surface area contributed by atoms with Crippen molar-refractivity contribution < 1.29 is 9.53 Å². The Morgan fingerprint density at radius 3 is 2.48 bits per heavy atom. The van der Waals surface area contributed by atoms with Crippen LogP contribution in [0.4, 0.5) is 11.4 Å². The van der Waals surface area contributed by atoms with Crippen LogP contribution in [-0.2, 0) is 4.79 Å². The number of benzene rings is 3. The van der Waals surface area contributed by atoms with Gasteiger partial charge >= 0.3 is 0 Å². The van der Waals surface area contributed by atoms with Crippen molar-refractivity contribution in [1.82, 2.24) is 0 Å². The maximum atomic E-state index is 13.4. The van der Waals surface area contributed by atoms with Gasteiger partial charge in [0.05, 0.1) is 24.5 Å². The number of carbonyl (C=O) groups excluding carboxylic acids is 1. The van der Waals surface area contributed by atoms with E-state index in [9.17, 15) is 4.79 Å². The molecule has 0 amide bonds. The van der Waals surface area contributed by atoms with E-state index in [-0.39, 0.29) is 17.2 Å². The Hall–Kier alpha value is -3.24. The van der Waals surface area contributed by atoms with Crippen LogP contribution in [0.25, 0.3) is 11.1 Å². The van der Waals surface area contributed by atoms with Gasteiger partial charge in [-0.1, -0.05) is 61.8 Å². The summed E-state index contributed by atoms with van der Waals surface area (Å²) >= 11 is 6.16. The smallest absolute Gasteiger partial charge is 0.163 e. The predicted molar refractivity (Wildman–Crippen MR) is 135 cm³/mol. The molecular weight excluding hydrogens is 432 g/mol. The molecule has 168 valence electrons. The van der Waals surface area contributed by atoms with E-state index in [0.717, 1.165) is 51.5 Å². The number of allylic oxidation sites excluding steroid dienone is 1. The zero-order chi connectivity index (χ0) is 23.2. The van der Waals surface area contributed by atoms with E-state index >= 15 is 0 Å². The summed E-state index contributed by atoms with van der Waals surface area (Å²) in [5, 5.41) is 7.96. The highest BCUT2D eigenvalue weighted by Gasteiger charge is 2.38. The van der Waals surface area contributed by atoms with Crippen molar-refractivity contribution in [3.8, 4) is 16.9 Å². The van der Waals surface area contributed by atoms with Crippen molar-refractivity contribution in [3.63, 3.8) is 0 Å². The Morgan fingerprint density at radius 1 is 0.970 bits per heavy atom. The van der Waals surface area contributed by atoms with Gasteiger partial charge in [0, 0.05) is 28.3 Å². The molecule has 0 saturated carbocycles. The summed E-state index contributed by atoms with van der Waals surface area (Å²) in [7, 11) is 1.68. The van der Waals surface area contributed by atoms with Crippen molar-refractivity contribution in [2.24, 2.45) is 5.41 Å². The van der Waals surface area contributed by atoms with Crippen LogP contribution in [0.5, 0.6) is 5.75 Å². The zero-order valence-corrected chi connectivity index (χ0v) is 19.8. The van der Waals surface area contributed by atoms with Crippen LogP contribution < -0.4 is 15.4 Å². The molecule has 1 aliphatic heterocycles. The second-order valence-corrected chi connectivity index (χ2v) is 9.98. The number of rotatable bonds is 3. The second-order valence-electron chi connectivity index (χ2n) is 9.55. The van der Waals surface area contributed by atoms with E-state index in [1.165, 1.54) is 0 Å². The number of ether oxygens (including phenoxy) is 1. The summed E-state index contributed by atoms with van der Waals surface area (Å²) in [6, 6.07) is 21.7. The average molecular weight is 459 g/mol. The molecule has 0 aromatic heterocycles. The fraction of sp³-hybridized carbons (Fsp3) is 0.250. The zero-order valence-electron chi connectivity index (χ0n) is 19.0. The van der Waals surface area contributed by atoms with Gasteiger partial charge in [-0.25, -0.2) is 0 Å². The molecule has 0 bridgehead atoms. The van der Waals surface area contributed by atoms with Crippen molar-refractivity contribution in [3.05, 3.63) is 88.6 Å². The van der Waals surface area contributed by atoms with Crippen LogP contribution in [0.1, 0.15) is 38.3 Å². The lowest BCUT2D eigenvalue weighted by Crippen LogP contribution is -2.31. The summed E-state index contributed by atoms with van der Waals surface area (Å²) in [6.45, 7) is 4.30. The highest BCUT2D eigenvalue weighted by molar-refractivity contribution is 6.30. The van der Waals surface area contributed by atoms with Crippen LogP contribution in [-0.4, -0.2) is 12.9 Å². The summed E-state index contributed by atoms with van der Waals surface area (Å²) in [4.78, 5) is 13.4. The Bertz CT molecular complexity index is 1260. The molecule has 5 heteroatoms. The van der Waals surface area contributed by atoms with Crippen LogP contribution in [0, 0.1) is 5.41 Å². The minimum atomic E-state index is -0.262. The van der Waals surface area contributed by atoms with Gasteiger partial charge < -0.3 is 15.4 Å². The average Bonchev–Trinajstić information content (AvgIpc) is 2.94. The number of halogens is 1. The molecule has 2 aliphatic rings. The first-order chi connectivity index (χ1) is 15.8. The third-order valence-electron chi connectivity index (χ3n) is 6.43. The van der Waals surface area contributed by atoms with E-state index in [4.69, 9.17) is 16.3 Å². The molecule has 1 heterocycles. The maximum Gasteiger partial charge on any atom is 0.163 e. The molecule has 0 saturated heterocycles. The molecule has 1 aliphatic carbocycles. The Balaban J connectivity index is 1.64. The summed E-state index contributed by atoms with van der Waals surface area (Å²) < 4.78 is 5.58. The van der Waals surface area contributed by atoms with Crippen LogP contribution in [0.15, 0.2) is 78.0 Å². The van der Waals surface area contributed by atoms with E-state index in [1.807, 2.05) is 42.5 Å². The highest BCUT2D eigenvalue weighted by Crippen LogP contribution is 2.46. The molecule has 0 fully saturated rings. The molecule has 2 N–H and O–H groups in total. The number of nitrogens with one attached hydrogen (secondary N) is 2. The lowest BCUT2D eigenvalue weighted by Gasteiger charge is -2.34. The fourth-order valence-electron chi connectivity index (χ4n) is 4.90. The molecule has 0 radical (unpaired) electrons. The van der Waals surface area contributed by atoms with Gasteiger partial charge in [0.1, 0.15) is 5.75 Å². The van der Waals surface area contributed by atoms with Gasteiger partial charge in [-0.3, -0.25) is 4.79 Å². The number of ketones is 1. The third kappa shape index (κ3) is 4.11. The van der Waals surface area contributed by atoms with Crippen LogP contribution in [0.2, 0.25) is 5.02 Å². The van der Waals surface area contributed by atoms with Crippen molar-refractivity contribution >= 4 is 28.8 Å². The number of methoxy groups -OCH3 is 1. The molecule has 5 rings (SSSR count). The third-order valence-corrected chi connectivity index (χ3v) is 6.69. The van der Waals surface area contributed by atoms with E-state index in [2.05, 4.69) is 48.7 Å². The number of hydrogen-bond donors (Lipinski definition) is 2. The minimum absolute atomic E-state index is 0.0880. The van der Waals surface area contributed by atoms with E-state index in [1.54, 1.807) is 7.11 Å². The summed E-state index contributed by atoms with van der Waals surface area (Å²) in [5.74, 6) is 1.00. The van der Waals surface area contributed by atoms with Gasteiger partial charge in [-0.15, -0.1) is 0 Å². The summed E-state index contributed by atoms with van der Waals surface area (Å²) in [6.07, 6.45) is 1.34. The molecule has 4 nitrogen and oxygen atoms in total. The van der Waals surface area contributed by atoms with Crippen LogP contribution in [0.3, 0.4) is 0 Å². The lowest BCUT2D eigenvalue weighted by atomic mass is 9.73. The van der Waals surface area contributed by atoms with Crippen molar-refractivity contribution in [2.75, 3.05) is 17.7 Å². The highest BCUT2D eigenvalue weighted by atomic mass is 35.5. The first-order valence-corrected chi connectivity index (χ1v) is 11.6. The normalized spacial score (nSPS) is 19.0. The van der Waals surface area contributed by atoms with Gasteiger partial charge in [0.15, 0.2) is 5.78 Å². The molecule has 33 heavy (non-hydrogen) atoms. The molecular formula is C28H27ClN2O2. The summed E-state index contributed by atoms with van der Waals surface area (Å²) in [5.41, 5.74) is 6.70. The molecule has 3 aromatic rings. The monoisotopic (exact) mass is 458 g/mol. The number of anilines is 2. The number of carbonyl (C=O) groups is 1. The van der Waals surface area contributed by atoms with E-state index < -0.39 is 0 Å². The molecule has 1 atom stereocenters. The van der Waals surface area contributed by atoms with Gasteiger partial charge in [0.25, 0.3) is 0 Å². The van der Waals surface area contributed by atoms with Gasteiger partial charge in [0.2, 0.25) is 0 Å². The fourth-order valence-corrected chi connectivity index (χ4v) is 5.03. The Morgan fingerprint density at radius 2 is 1.73 bits per heavy atom. The Kier molecular flexibility index (Phi) is 5.41. The first-order valence-electron chi connectivity index (χ1n) is 11.2. The number of hydrogen-bond acceptors (Lipinski definition) is 4. The number of fused-ring (bicyclic) bond motifs is 1. The van der Waals surface area contributed by atoms with Gasteiger partial charge in [-0.05, 0) is 53.3 Å². The predicted octanol–water partition coefficient (Wildman–Crippen LogP) is 7.24. The second kappa shape index (κ2) is 8.27.